The Morgan fingerprint density at radius 3 is 0.325 bits per heavy atom. The minimum atomic E-state index is -0.904. The van der Waals surface area contributed by atoms with Crippen LogP contribution in [-0.4, -0.2) is 23.9 Å². The number of carbonyl (C=O) groups excluding carboxylic acids is 4. The largest absolute Gasteiger partial charge is 4.00 e. The Morgan fingerprint density at radius 1 is 0.169 bits per heavy atom. The van der Waals surface area contributed by atoms with Crippen molar-refractivity contribution < 1.29 is 61.3 Å². The number of rotatable bonds is 60. The maximum Gasteiger partial charge on any atom is 4.00 e. The van der Waals surface area contributed by atoms with E-state index < -0.39 is 23.9 Å². The predicted octanol–water partition coefficient (Wildman–Crippen LogP) is 18.4. The van der Waals surface area contributed by atoms with Crippen molar-refractivity contribution >= 4 is 23.9 Å². The molecule has 9 heteroatoms. The molecule has 0 saturated carbocycles. The van der Waals surface area contributed by atoms with Crippen molar-refractivity contribution in [3.05, 3.63) is 0 Å². The molecule has 0 radical (unpaired) electrons. The zero-order chi connectivity index (χ0) is 56.7. The van der Waals surface area contributed by atoms with Crippen LogP contribution in [0.5, 0.6) is 0 Å². The third kappa shape index (κ3) is 100. The summed E-state index contributed by atoms with van der Waals surface area (Å²) in [6.07, 6.45) is 73.6. The van der Waals surface area contributed by atoms with Gasteiger partial charge in [-0.3, -0.25) is 0 Å². The minimum absolute atomic E-state index is 0. The summed E-state index contributed by atoms with van der Waals surface area (Å²) >= 11 is 0. The molecule has 0 rings (SSSR count). The van der Waals surface area contributed by atoms with Gasteiger partial charge < -0.3 is 39.6 Å². The molecule has 456 valence electrons. The number of carboxylic acid groups (broad SMARTS) is 4. The van der Waals surface area contributed by atoms with Gasteiger partial charge in [0.25, 0.3) is 0 Å². The summed E-state index contributed by atoms with van der Waals surface area (Å²) in [6.45, 7) is 9.05. The average Bonchev–Trinajstić information content (AvgIpc) is 3.39. The molecule has 0 aliphatic rings. The van der Waals surface area contributed by atoms with Crippen molar-refractivity contribution in [2.75, 3.05) is 0 Å². The third-order valence-electron chi connectivity index (χ3n) is 14.9. The number of aliphatic carboxylic acids is 4. The van der Waals surface area contributed by atoms with Crippen LogP contribution < -0.4 is 20.4 Å². The summed E-state index contributed by atoms with van der Waals surface area (Å²) < 4.78 is 0. The van der Waals surface area contributed by atoms with Gasteiger partial charge in [0.05, 0.1) is 0 Å². The molecule has 8 nitrogen and oxygen atoms in total. The first-order valence-electron chi connectivity index (χ1n) is 33.9. The normalized spacial score (nSPS) is 10.6. The van der Waals surface area contributed by atoms with E-state index in [1.807, 2.05) is 0 Å². The zero-order valence-electron chi connectivity index (χ0n) is 52.2. The Balaban J connectivity index is -0.000000298. The second-order valence-electron chi connectivity index (χ2n) is 22.9. The molecular weight excluding hydrogens is 993 g/mol. The van der Waals surface area contributed by atoms with E-state index in [4.69, 9.17) is 0 Å². The van der Waals surface area contributed by atoms with Gasteiger partial charge >= 0.3 is 21.7 Å². The second-order valence-corrected chi connectivity index (χ2v) is 22.9. The molecule has 0 atom stereocenters. The molecule has 0 N–H and O–H groups in total. The van der Waals surface area contributed by atoms with Crippen LogP contribution >= 0.6 is 0 Å². The monoisotopic (exact) mass is 1120 g/mol. The zero-order valence-corrected chi connectivity index (χ0v) is 53.8. The van der Waals surface area contributed by atoms with E-state index in [0.717, 1.165) is 51.4 Å². The van der Waals surface area contributed by atoms with Crippen LogP contribution in [0.4, 0.5) is 0 Å². The van der Waals surface area contributed by atoms with E-state index in [2.05, 4.69) is 27.7 Å². The maximum atomic E-state index is 10.2. The molecule has 0 saturated heterocycles. The SMILES string of the molecule is CCCCCCCCCCCCCCCCC(=O)[O-].CCCCCCCCCCCCCCCCC(=O)[O-].CCCCCCCCCCCCCCCCC(=O)[O-].CCCCCCCCCCCCCCCCC(=O)[O-].[Ti+4]. The van der Waals surface area contributed by atoms with Crippen LogP contribution in [0, 0.1) is 0 Å². The van der Waals surface area contributed by atoms with Crippen molar-refractivity contribution in [3.63, 3.8) is 0 Å². The minimum Gasteiger partial charge on any atom is -0.550 e. The Kier molecular flexibility index (Phi) is 88.9. The summed E-state index contributed by atoms with van der Waals surface area (Å²) in [5.74, 6) is -3.62. The van der Waals surface area contributed by atoms with Gasteiger partial charge in [0.1, 0.15) is 0 Å². The number of carbonyl (C=O) groups is 4. The van der Waals surface area contributed by atoms with E-state index >= 15 is 0 Å². The molecule has 0 spiro atoms. The average molecular weight is 1130 g/mol. The van der Waals surface area contributed by atoms with Crippen LogP contribution in [-0.2, 0) is 40.9 Å². The van der Waals surface area contributed by atoms with Gasteiger partial charge in [-0.2, -0.15) is 0 Å². The summed E-state index contributed by atoms with van der Waals surface area (Å²) in [5.41, 5.74) is 0. The number of carboxylic acids is 4. The molecule has 0 heterocycles. The predicted molar refractivity (Wildman–Crippen MR) is 320 cm³/mol. The third-order valence-corrected chi connectivity index (χ3v) is 14.9. The first kappa shape index (κ1) is 84.4. The van der Waals surface area contributed by atoms with Crippen molar-refractivity contribution in [1.82, 2.24) is 0 Å². The molecule has 0 aromatic carbocycles. The van der Waals surface area contributed by atoms with Crippen molar-refractivity contribution in [3.8, 4) is 0 Å². The summed E-state index contributed by atoms with van der Waals surface area (Å²) in [5, 5.41) is 40.8. The number of unbranched alkanes of at least 4 members (excludes halogenated alkanes) is 52. The number of hydrogen-bond acceptors (Lipinski definition) is 8. The molecule has 77 heavy (non-hydrogen) atoms. The molecule has 0 aromatic heterocycles. The van der Waals surface area contributed by atoms with Gasteiger partial charge in [0, 0.05) is 23.9 Å². The van der Waals surface area contributed by atoms with Gasteiger partial charge in [-0.25, -0.2) is 0 Å². The first-order valence-corrected chi connectivity index (χ1v) is 33.9. The Labute approximate surface area is 495 Å². The van der Waals surface area contributed by atoms with E-state index in [9.17, 15) is 39.6 Å². The van der Waals surface area contributed by atoms with Gasteiger partial charge in [-0.05, 0) is 51.4 Å². The molecule has 0 bridgehead atoms. The van der Waals surface area contributed by atoms with Crippen LogP contribution in [0.25, 0.3) is 0 Å². The van der Waals surface area contributed by atoms with Crippen LogP contribution in [0.15, 0.2) is 0 Å². The van der Waals surface area contributed by atoms with E-state index in [0.29, 0.717) is 0 Å². The smallest absolute Gasteiger partial charge is 0.550 e. The van der Waals surface area contributed by atoms with Gasteiger partial charge in [-0.15, -0.1) is 0 Å². The van der Waals surface area contributed by atoms with Crippen molar-refractivity contribution in [2.24, 2.45) is 0 Å². The fourth-order valence-electron chi connectivity index (χ4n) is 9.86. The topological polar surface area (TPSA) is 161 Å². The van der Waals surface area contributed by atoms with Gasteiger partial charge in [0.2, 0.25) is 0 Å². The summed E-state index contributed by atoms with van der Waals surface area (Å²) in [7, 11) is 0. The second kappa shape index (κ2) is 81.1. The molecule has 0 amide bonds. The summed E-state index contributed by atoms with van der Waals surface area (Å²) in [6, 6.07) is 0. The summed E-state index contributed by atoms with van der Waals surface area (Å²) in [4.78, 5) is 40.8. The molecular formula is C68H132O8Ti. The molecule has 0 aliphatic heterocycles. The molecule has 0 unspecified atom stereocenters. The van der Waals surface area contributed by atoms with Crippen molar-refractivity contribution in [2.45, 2.75) is 413 Å². The Hall–Kier alpha value is -1.41. The van der Waals surface area contributed by atoms with E-state index in [1.165, 1.54) is 308 Å². The standard InChI is InChI=1S/4C17H34O2.Ti/c4*1-2-3-4-5-6-7-8-9-10-11-12-13-14-15-16-17(18)19;/h4*2-16H2,1H3,(H,18,19);/q;;;;+4/p-4. The molecule has 0 aliphatic carbocycles. The van der Waals surface area contributed by atoms with Crippen LogP contribution in [0.2, 0.25) is 0 Å². The van der Waals surface area contributed by atoms with Crippen molar-refractivity contribution in [1.29, 1.82) is 0 Å². The Morgan fingerprint density at radius 2 is 0.247 bits per heavy atom. The van der Waals surface area contributed by atoms with E-state index in [-0.39, 0.29) is 47.4 Å². The fraction of sp³-hybridized carbons (Fsp3) is 0.941. The first-order chi connectivity index (χ1) is 37.1. The quantitative estimate of drug-likeness (QED) is 0.0430. The van der Waals surface area contributed by atoms with Gasteiger partial charge in [0.15, 0.2) is 0 Å². The molecule has 0 fully saturated rings. The van der Waals surface area contributed by atoms with E-state index in [1.54, 1.807) is 0 Å². The van der Waals surface area contributed by atoms with Crippen LogP contribution in [0.1, 0.15) is 413 Å². The Bertz CT molecular complexity index is 935. The number of hydrogen-bond donors (Lipinski definition) is 0. The van der Waals surface area contributed by atoms with Gasteiger partial charge in [-0.1, -0.05) is 362 Å². The fourth-order valence-corrected chi connectivity index (χ4v) is 9.86. The van der Waals surface area contributed by atoms with Crippen LogP contribution in [0.3, 0.4) is 0 Å². The molecule has 0 aromatic rings. The maximum absolute atomic E-state index is 10.2.